The third-order valence-corrected chi connectivity index (χ3v) is 5.45. The van der Waals surface area contributed by atoms with Crippen molar-refractivity contribution in [3.63, 3.8) is 0 Å². The van der Waals surface area contributed by atoms with Gasteiger partial charge in [-0.25, -0.2) is 0 Å². The first-order chi connectivity index (χ1) is 13.7. The molecule has 2 aromatic carbocycles. The van der Waals surface area contributed by atoms with Crippen molar-refractivity contribution in [3.05, 3.63) is 65.2 Å². The number of piperazine rings is 1. The summed E-state index contributed by atoms with van der Waals surface area (Å²) in [7, 11) is 0. The van der Waals surface area contributed by atoms with Crippen LogP contribution in [0.5, 0.6) is 5.75 Å². The minimum atomic E-state index is 0.0237. The molecule has 1 saturated heterocycles. The number of hydrogen-bond donors (Lipinski definition) is 2. The average Bonchev–Trinajstić information content (AvgIpc) is 2.70. The summed E-state index contributed by atoms with van der Waals surface area (Å²) in [5, 5.41) is 18.5. The maximum absolute atomic E-state index is 9.57. The standard InChI is InChI=1S/C23H32N2O3/c1-19-5-2-3-7-21(19)17-25-11-10-24(18-22(25)9-12-26)16-20-6-4-8-23(15-20)28-14-13-27/h2-8,15,22,26-27H,9-14,16-18H2,1H3. The van der Waals surface area contributed by atoms with E-state index in [0.29, 0.717) is 12.6 Å². The van der Waals surface area contributed by atoms with E-state index in [0.717, 1.165) is 44.9 Å². The van der Waals surface area contributed by atoms with Gasteiger partial charge in [-0.05, 0) is 42.2 Å². The Labute approximate surface area is 168 Å². The van der Waals surface area contributed by atoms with Gasteiger partial charge in [0, 0.05) is 45.4 Å². The Balaban J connectivity index is 1.61. The first-order valence-corrected chi connectivity index (χ1v) is 10.1. The average molecular weight is 385 g/mol. The van der Waals surface area contributed by atoms with Crippen LogP contribution in [-0.2, 0) is 13.1 Å². The summed E-state index contributed by atoms with van der Waals surface area (Å²) in [6.07, 6.45) is 0.794. The fraction of sp³-hybridized carbons (Fsp3) is 0.478. The zero-order chi connectivity index (χ0) is 19.8. The largest absolute Gasteiger partial charge is 0.491 e. The first kappa shape index (κ1) is 20.8. The molecule has 5 heteroatoms. The Hall–Kier alpha value is -1.92. The molecule has 1 aliphatic rings. The second-order valence-electron chi connectivity index (χ2n) is 7.52. The number of benzene rings is 2. The molecule has 152 valence electrons. The summed E-state index contributed by atoms with van der Waals surface area (Å²) >= 11 is 0. The smallest absolute Gasteiger partial charge is 0.119 e. The van der Waals surface area contributed by atoms with Crippen molar-refractivity contribution in [1.29, 1.82) is 0 Å². The van der Waals surface area contributed by atoms with E-state index in [2.05, 4.69) is 53.1 Å². The summed E-state index contributed by atoms with van der Waals surface area (Å²) in [5.41, 5.74) is 3.91. The predicted molar refractivity (Wildman–Crippen MR) is 111 cm³/mol. The van der Waals surface area contributed by atoms with E-state index in [9.17, 15) is 5.11 Å². The van der Waals surface area contributed by atoms with Crippen molar-refractivity contribution in [2.24, 2.45) is 0 Å². The minimum Gasteiger partial charge on any atom is -0.491 e. The Kier molecular flexibility index (Phi) is 7.86. The van der Waals surface area contributed by atoms with Crippen LogP contribution >= 0.6 is 0 Å². The number of aliphatic hydroxyl groups excluding tert-OH is 2. The first-order valence-electron chi connectivity index (χ1n) is 10.1. The Bertz CT molecular complexity index is 737. The van der Waals surface area contributed by atoms with Gasteiger partial charge < -0.3 is 14.9 Å². The molecule has 1 atom stereocenters. The van der Waals surface area contributed by atoms with Crippen LogP contribution in [0.4, 0.5) is 0 Å². The molecule has 3 rings (SSSR count). The molecule has 0 aliphatic carbocycles. The van der Waals surface area contributed by atoms with Crippen LogP contribution in [0.2, 0.25) is 0 Å². The molecule has 1 aliphatic heterocycles. The second kappa shape index (κ2) is 10.6. The van der Waals surface area contributed by atoms with Gasteiger partial charge in [-0.1, -0.05) is 36.4 Å². The molecule has 0 spiro atoms. The Morgan fingerprint density at radius 2 is 1.86 bits per heavy atom. The predicted octanol–water partition coefficient (Wildman–Crippen LogP) is 2.43. The van der Waals surface area contributed by atoms with Crippen LogP contribution in [-0.4, -0.2) is 65.5 Å². The molecule has 0 bridgehead atoms. The van der Waals surface area contributed by atoms with E-state index in [1.807, 2.05) is 12.1 Å². The SMILES string of the molecule is Cc1ccccc1CN1CCN(Cc2cccc(OCCO)c2)CC1CCO. The lowest BCUT2D eigenvalue weighted by Gasteiger charge is -2.41. The van der Waals surface area contributed by atoms with Crippen LogP contribution in [0.1, 0.15) is 23.1 Å². The Morgan fingerprint density at radius 1 is 1.00 bits per heavy atom. The summed E-state index contributed by atoms with van der Waals surface area (Å²) in [6, 6.07) is 17.0. The number of aliphatic hydroxyl groups is 2. The van der Waals surface area contributed by atoms with Crippen LogP contribution in [0.15, 0.2) is 48.5 Å². The number of rotatable bonds is 9. The third-order valence-electron chi connectivity index (χ3n) is 5.45. The molecule has 0 aromatic heterocycles. The van der Waals surface area contributed by atoms with Crippen LogP contribution in [0, 0.1) is 6.92 Å². The molecule has 1 heterocycles. The molecule has 2 N–H and O–H groups in total. The van der Waals surface area contributed by atoms with Crippen molar-refractivity contribution in [2.75, 3.05) is 39.5 Å². The van der Waals surface area contributed by atoms with Crippen LogP contribution in [0.25, 0.3) is 0 Å². The molecular weight excluding hydrogens is 352 g/mol. The zero-order valence-corrected chi connectivity index (χ0v) is 16.8. The lowest BCUT2D eigenvalue weighted by atomic mass is 10.0. The van der Waals surface area contributed by atoms with Crippen molar-refractivity contribution >= 4 is 0 Å². The molecule has 0 radical (unpaired) electrons. The fourth-order valence-electron chi connectivity index (χ4n) is 3.89. The van der Waals surface area contributed by atoms with E-state index in [1.165, 1.54) is 16.7 Å². The number of hydrogen-bond acceptors (Lipinski definition) is 5. The maximum Gasteiger partial charge on any atom is 0.119 e. The quantitative estimate of drug-likeness (QED) is 0.696. The molecule has 0 amide bonds. The van der Waals surface area contributed by atoms with Crippen LogP contribution < -0.4 is 4.74 Å². The summed E-state index contributed by atoms with van der Waals surface area (Å²) in [6.45, 7) is 7.50. The Morgan fingerprint density at radius 3 is 2.64 bits per heavy atom. The highest BCUT2D eigenvalue weighted by Gasteiger charge is 2.27. The maximum atomic E-state index is 9.57. The van der Waals surface area contributed by atoms with E-state index in [1.54, 1.807) is 0 Å². The van der Waals surface area contributed by atoms with E-state index >= 15 is 0 Å². The highest BCUT2D eigenvalue weighted by molar-refractivity contribution is 5.28. The lowest BCUT2D eigenvalue weighted by Crippen LogP contribution is -2.52. The van der Waals surface area contributed by atoms with Gasteiger partial charge in [0.05, 0.1) is 6.61 Å². The van der Waals surface area contributed by atoms with E-state index < -0.39 is 0 Å². The van der Waals surface area contributed by atoms with E-state index in [-0.39, 0.29) is 13.2 Å². The van der Waals surface area contributed by atoms with Crippen molar-refractivity contribution in [3.8, 4) is 5.75 Å². The molecule has 28 heavy (non-hydrogen) atoms. The molecule has 0 saturated carbocycles. The van der Waals surface area contributed by atoms with Gasteiger partial charge >= 0.3 is 0 Å². The lowest BCUT2D eigenvalue weighted by molar-refractivity contribution is 0.0498. The molecule has 1 fully saturated rings. The summed E-state index contributed by atoms with van der Waals surface area (Å²) in [5.74, 6) is 0.802. The van der Waals surface area contributed by atoms with Crippen molar-refractivity contribution in [1.82, 2.24) is 9.80 Å². The monoisotopic (exact) mass is 384 g/mol. The van der Waals surface area contributed by atoms with Gasteiger partial charge in [0.15, 0.2) is 0 Å². The molecular formula is C23H32N2O3. The summed E-state index contributed by atoms with van der Waals surface area (Å²) < 4.78 is 5.53. The molecule has 2 aromatic rings. The summed E-state index contributed by atoms with van der Waals surface area (Å²) in [4.78, 5) is 4.97. The van der Waals surface area contributed by atoms with Crippen LogP contribution in [0.3, 0.4) is 0 Å². The second-order valence-corrected chi connectivity index (χ2v) is 7.52. The van der Waals surface area contributed by atoms with Gasteiger partial charge in [-0.15, -0.1) is 0 Å². The van der Waals surface area contributed by atoms with Gasteiger partial charge in [-0.2, -0.15) is 0 Å². The van der Waals surface area contributed by atoms with Gasteiger partial charge in [0.2, 0.25) is 0 Å². The van der Waals surface area contributed by atoms with Gasteiger partial charge in [-0.3, -0.25) is 9.80 Å². The normalized spacial score (nSPS) is 18.3. The van der Waals surface area contributed by atoms with Gasteiger partial charge in [0.1, 0.15) is 12.4 Å². The fourth-order valence-corrected chi connectivity index (χ4v) is 3.89. The van der Waals surface area contributed by atoms with E-state index in [4.69, 9.17) is 9.84 Å². The highest BCUT2D eigenvalue weighted by Crippen LogP contribution is 2.21. The topological polar surface area (TPSA) is 56.2 Å². The van der Waals surface area contributed by atoms with Crippen molar-refractivity contribution in [2.45, 2.75) is 32.5 Å². The number of nitrogens with zero attached hydrogens (tertiary/aromatic N) is 2. The van der Waals surface area contributed by atoms with Crippen molar-refractivity contribution < 1.29 is 14.9 Å². The molecule has 1 unspecified atom stereocenters. The third kappa shape index (κ3) is 5.79. The zero-order valence-electron chi connectivity index (χ0n) is 16.8. The number of ether oxygens (including phenoxy) is 1. The molecule has 5 nitrogen and oxygen atoms in total. The minimum absolute atomic E-state index is 0.0237. The highest BCUT2D eigenvalue weighted by atomic mass is 16.5. The van der Waals surface area contributed by atoms with Gasteiger partial charge in [0.25, 0.3) is 0 Å². The number of aryl methyl sites for hydroxylation is 1.